The molecule has 0 radical (unpaired) electrons. The zero-order valence-electron chi connectivity index (χ0n) is 12.1. The monoisotopic (exact) mass is 258 g/mol. The number of aromatic nitrogens is 3. The number of hydrogen-bond donors (Lipinski definition) is 1. The van der Waals surface area contributed by atoms with Crippen molar-refractivity contribution in [1.82, 2.24) is 19.9 Å². The van der Waals surface area contributed by atoms with Crippen LogP contribution in [0.1, 0.15) is 35.1 Å². The molecule has 2 aromatic rings. The highest BCUT2D eigenvalue weighted by atomic mass is 15.0. The second kappa shape index (κ2) is 5.97. The van der Waals surface area contributed by atoms with E-state index in [1.807, 2.05) is 32.7 Å². The second-order valence-electron chi connectivity index (χ2n) is 5.05. The maximum Gasteiger partial charge on any atom is 0.108 e. The first-order chi connectivity index (χ1) is 9.11. The summed E-state index contributed by atoms with van der Waals surface area (Å²) in [5.74, 6) is 1.12. The van der Waals surface area contributed by atoms with Gasteiger partial charge in [-0.2, -0.15) is 0 Å². The minimum atomic E-state index is 0.275. The molecule has 0 amide bonds. The largest absolute Gasteiger partial charge is 0.338 e. The van der Waals surface area contributed by atoms with Crippen molar-refractivity contribution in [3.8, 4) is 0 Å². The molecule has 19 heavy (non-hydrogen) atoms. The molecule has 1 atom stereocenters. The van der Waals surface area contributed by atoms with Crippen molar-refractivity contribution in [2.45, 2.75) is 32.7 Å². The summed E-state index contributed by atoms with van der Waals surface area (Å²) >= 11 is 0. The molecule has 2 aromatic heterocycles. The Bertz CT molecular complexity index is 545. The second-order valence-corrected chi connectivity index (χ2v) is 5.05. The predicted molar refractivity (Wildman–Crippen MR) is 77.0 cm³/mol. The van der Waals surface area contributed by atoms with E-state index in [4.69, 9.17) is 0 Å². The minimum absolute atomic E-state index is 0.275. The molecule has 0 spiro atoms. The molecule has 1 N–H and O–H groups in total. The molecular weight excluding hydrogens is 236 g/mol. The van der Waals surface area contributed by atoms with Gasteiger partial charge >= 0.3 is 0 Å². The average Bonchev–Trinajstić information content (AvgIpc) is 2.78. The predicted octanol–water partition coefficient (Wildman–Crippen LogP) is 2.33. The molecule has 4 nitrogen and oxygen atoms in total. The Kier molecular flexibility index (Phi) is 4.32. The standard InChI is InChI=1S/C15H22N4/c1-11-9-12(2)15(18-10-11)13(16-3)5-6-14-17-7-8-19(14)4/h7-10,13,16H,5-6H2,1-4H3. The fourth-order valence-corrected chi connectivity index (χ4v) is 2.42. The van der Waals surface area contributed by atoms with E-state index in [9.17, 15) is 0 Å². The van der Waals surface area contributed by atoms with Crippen LogP contribution < -0.4 is 5.32 Å². The average molecular weight is 258 g/mol. The lowest BCUT2D eigenvalue weighted by atomic mass is 10.0. The van der Waals surface area contributed by atoms with E-state index >= 15 is 0 Å². The summed E-state index contributed by atoms with van der Waals surface area (Å²) in [4.78, 5) is 8.95. The van der Waals surface area contributed by atoms with Crippen LogP contribution >= 0.6 is 0 Å². The smallest absolute Gasteiger partial charge is 0.108 e. The van der Waals surface area contributed by atoms with Gasteiger partial charge in [0.15, 0.2) is 0 Å². The van der Waals surface area contributed by atoms with Crippen LogP contribution in [0.4, 0.5) is 0 Å². The maximum absolute atomic E-state index is 4.58. The molecule has 2 heterocycles. The van der Waals surface area contributed by atoms with Gasteiger partial charge in [-0.15, -0.1) is 0 Å². The SMILES string of the molecule is CNC(CCc1nccn1C)c1ncc(C)cc1C. The molecule has 4 heteroatoms. The van der Waals surface area contributed by atoms with Gasteiger partial charge in [-0.3, -0.25) is 4.98 Å². The molecular formula is C15H22N4. The number of aryl methyl sites for hydroxylation is 4. The van der Waals surface area contributed by atoms with Crippen LogP contribution in [-0.2, 0) is 13.5 Å². The lowest BCUT2D eigenvalue weighted by Gasteiger charge is -2.18. The van der Waals surface area contributed by atoms with Crippen molar-refractivity contribution in [3.63, 3.8) is 0 Å². The van der Waals surface area contributed by atoms with E-state index in [1.165, 1.54) is 11.1 Å². The molecule has 0 aliphatic carbocycles. The lowest BCUT2D eigenvalue weighted by Crippen LogP contribution is -2.20. The fourth-order valence-electron chi connectivity index (χ4n) is 2.42. The van der Waals surface area contributed by atoms with Crippen molar-refractivity contribution >= 4 is 0 Å². The number of pyridine rings is 1. The highest BCUT2D eigenvalue weighted by Crippen LogP contribution is 2.20. The van der Waals surface area contributed by atoms with Gasteiger partial charge in [0.1, 0.15) is 5.82 Å². The van der Waals surface area contributed by atoms with Crippen LogP contribution in [0.5, 0.6) is 0 Å². The Morgan fingerprint density at radius 1 is 1.32 bits per heavy atom. The van der Waals surface area contributed by atoms with Gasteiger partial charge in [0.2, 0.25) is 0 Å². The Morgan fingerprint density at radius 2 is 2.11 bits per heavy atom. The van der Waals surface area contributed by atoms with Gasteiger partial charge in [-0.1, -0.05) is 6.07 Å². The Balaban J connectivity index is 2.10. The van der Waals surface area contributed by atoms with Crippen LogP contribution in [0, 0.1) is 13.8 Å². The quantitative estimate of drug-likeness (QED) is 0.895. The summed E-state index contributed by atoms with van der Waals surface area (Å²) in [5, 5.41) is 3.36. The van der Waals surface area contributed by atoms with Crippen LogP contribution in [-0.4, -0.2) is 21.6 Å². The van der Waals surface area contributed by atoms with Crippen molar-refractivity contribution < 1.29 is 0 Å². The van der Waals surface area contributed by atoms with Crippen LogP contribution in [0.2, 0.25) is 0 Å². The third kappa shape index (κ3) is 3.20. The number of imidazole rings is 1. The van der Waals surface area contributed by atoms with Crippen molar-refractivity contribution in [2.24, 2.45) is 7.05 Å². The summed E-state index contributed by atoms with van der Waals surface area (Å²) in [5.41, 5.74) is 3.60. The highest BCUT2D eigenvalue weighted by molar-refractivity contribution is 5.25. The minimum Gasteiger partial charge on any atom is -0.338 e. The molecule has 0 aromatic carbocycles. The molecule has 0 bridgehead atoms. The van der Waals surface area contributed by atoms with Gasteiger partial charge in [0.05, 0.1) is 5.69 Å². The lowest BCUT2D eigenvalue weighted by molar-refractivity contribution is 0.521. The maximum atomic E-state index is 4.58. The number of nitrogens with zero attached hydrogens (tertiary/aromatic N) is 3. The first-order valence-electron chi connectivity index (χ1n) is 6.68. The molecule has 0 aliphatic heterocycles. The third-order valence-electron chi connectivity index (χ3n) is 3.51. The number of nitrogens with one attached hydrogen (secondary N) is 1. The van der Waals surface area contributed by atoms with Crippen LogP contribution in [0.25, 0.3) is 0 Å². The van der Waals surface area contributed by atoms with Gasteiger partial charge in [0.25, 0.3) is 0 Å². The number of rotatable bonds is 5. The first kappa shape index (κ1) is 13.7. The first-order valence-corrected chi connectivity index (χ1v) is 6.68. The fraction of sp³-hybridized carbons (Fsp3) is 0.467. The topological polar surface area (TPSA) is 42.7 Å². The summed E-state index contributed by atoms with van der Waals surface area (Å²) in [7, 11) is 4.02. The van der Waals surface area contributed by atoms with Gasteiger partial charge in [0, 0.05) is 38.1 Å². The molecule has 2 rings (SSSR count). The van der Waals surface area contributed by atoms with Crippen LogP contribution in [0.15, 0.2) is 24.7 Å². The Hall–Kier alpha value is -1.68. The van der Waals surface area contributed by atoms with Crippen LogP contribution in [0.3, 0.4) is 0 Å². The summed E-state index contributed by atoms with van der Waals surface area (Å²) in [6, 6.07) is 2.46. The van der Waals surface area contributed by atoms with Crippen molar-refractivity contribution in [1.29, 1.82) is 0 Å². The van der Waals surface area contributed by atoms with Gasteiger partial charge in [-0.05, 0) is 38.4 Å². The van der Waals surface area contributed by atoms with E-state index in [1.54, 1.807) is 0 Å². The zero-order valence-corrected chi connectivity index (χ0v) is 12.1. The van der Waals surface area contributed by atoms with E-state index in [0.29, 0.717) is 0 Å². The molecule has 0 saturated heterocycles. The Labute approximate surface area is 114 Å². The molecule has 1 unspecified atom stereocenters. The summed E-state index contributed by atoms with van der Waals surface area (Å²) < 4.78 is 2.07. The highest BCUT2D eigenvalue weighted by Gasteiger charge is 2.14. The Morgan fingerprint density at radius 3 is 2.68 bits per heavy atom. The van der Waals surface area contributed by atoms with Gasteiger partial charge in [-0.25, -0.2) is 4.98 Å². The molecule has 0 aliphatic rings. The zero-order chi connectivity index (χ0) is 13.8. The van der Waals surface area contributed by atoms with Crippen molar-refractivity contribution in [2.75, 3.05) is 7.05 Å². The van der Waals surface area contributed by atoms with E-state index in [2.05, 4.69) is 39.8 Å². The van der Waals surface area contributed by atoms with E-state index in [0.717, 1.165) is 24.4 Å². The molecule has 0 saturated carbocycles. The van der Waals surface area contributed by atoms with E-state index < -0.39 is 0 Å². The van der Waals surface area contributed by atoms with Crippen molar-refractivity contribution in [3.05, 3.63) is 47.3 Å². The van der Waals surface area contributed by atoms with E-state index in [-0.39, 0.29) is 6.04 Å². The molecule has 0 fully saturated rings. The summed E-state index contributed by atoms with van der Waals surface area (Å²) in [6.45, 7) is 4.20. The third-order valence-corrected chi connectivity index (χ3v) is 3.51. The molecule has 102 valence electrons. The van der Waals surface area contributed by atoms with Gasteiger partial charge < -0.3 is 9.88 Å². The normalized spacial score (nSPS) is 12.6. The summed E-state index contributed by atoms with van der Waals surface area (Å²) in [6.07, 6.45) is 7.72. The number of hydrogen-bond acceptors (Lipinski definition) is 3.